The Kier molecular flexibility index (Phi) is 34.4. The quantitative estimate of drug-likeness (QED) is 0.0147. The fourth-order valence-electron chi connectivity index (χ4n) is 15.7. The number of anilines is 12. The normalized spacial score (nSPS) is 12.4. The van der Waals surface area contributed by atoms with Crippen LogP contribution in [0.4, 0.5) is 102 Å². The van der Waals surface area contributed by atoms with Crippen molar-refractivity contribution >= 4 is 167 Å². The van der Waals surface area contributed by atoms with E-state index in [4.69, 9.17) is 30.0 Å². The van der Waals surface area contributed by atoms with Gasteiger partial charge in [0, 0.05) is 82.2 Å². The van der Waals surface area contributed by atoms with Gasteiger partial charge in [0.05, 0.1) is 85.5 Å². The molecule has 146 heavy (non-hydrogen) atoms. The minimum atomic E-state index is -4.67. The zero-order chi connectivity index (χ0) is 99.6. The van der Waals surface area contributed by atoms with E-state index in [0.29, 0.717) is 46.6 Å². The maximum atomic E-state index is 12.7. The first-order valence-electron chi connectivity index (χ1n) is 45.8. The van der Waals surface area contributed by atoms with Crippen LogP contribution in [0.25, 0.3) is 0 Å². The standard InChI is InChI=1S/C64H53N7O4S.C52H45N5O8S2.2ClH.H3N/c1-2-44-8-16-50(17-9-44)66-54-28-34-58(35-29-54)70-60-38-32-56(33-39-60)68-52-20-14-47(15-21-52)41-48-42-64(76(73,74)75)62(43-63(48)72)71-61-22-12-46(13-23-61)40-45-10-18-51(19-11-45)67-55-30-36-59(37-31-55)69-57-26-24-53(25-27-57)65-49-6-4-3-5-7-49;1-33-3-11-45(12-4-33)56-48-32-50(59)38(30-52(48)67(63,64)65)29-37-9-15-40(16-10-37)54-42-21-25-44(26-22-42)55-43-23-19-41(20-24-43)53-39-13-5-35(6-14-39)28-36-7-17-46(18-8-36)57-47-31-49(58)34(2)27-51(47)66(60,61)62;;;/h3-39,42-43,65-66,71-72H,2,40-41H2,1H3,(H,73,74,75);3-27,30-32,54,56-59H,28-29H2,1-2H3,(H,60,61,62)(H,63,64,65);2*1H;1H3/p-1. The number of nitrogens with zero attached hydrogens (tertiary/aromatic N) is 6. The molecule has 0 aliphatic heterocycles. The van der Waals surface area contributed by atoms with E-state index in [9.17, 15) is 54.2 Å². The monoisotopic (exact) mass is 2030 g/mol. The van der Waals surface area contributed by atoms with Crippen LogP contribution in [0, 0.1) is 13.8 Å². The summed E-state index contributed by atoms with van der Waals surface area (Å²) in [6.07, 6.45) is 25.9. The molecule has 736 valence electrons. The number of quaternary nitrogens is 1. The third-order valence-electron chi connectivity index (χ3n) is 23.4. The van der Waals surface area contributed by atoms with E-state index in [2.05, 4.69) is 63.1 Å². The second kappa shape index (κ2) is 47.9. The van der Waals surface area contributed by atoms with Gasteiger partial charge in [-0.2, -0.15) is 25.3 Å². The number of phenolic OH excluding ortho intramolecular Hbond substituents is 3. The fraction of sp³-hybridized carbons (Fsp3) is 0.0690. The first-order valence-corrected chi connectivity index (χ1v) is 50.1. The van der Waals surface area contributed by atoms with Crippen molar-refractivity contribution in [1.82, 2.24) is 6.15 Å². The lowest BCUT2D eigenvalue weighted by atomic mass is 10.0. The highest BCUT2D eigenvalue weighted by Gasteiger charge is 2.24. The van der Waals surface area contributed by atoms with Crippen LogP contribution < -0.4 is 62.9 Å². The van der Waals surface area contributed by atoms with Crippen molar-refractivity contribution in [3.63, 3.8) is 0 Å². The zero-order valence-corrected chi connectivity index (χ0v) is 83.5. The summed E-state index contributed by atoms with van der Waals surface area (Å²) in [5, 5.41) is 51.3. The maximum Gasteiger partial charge on any atom is 0.296 e. The zero-order valence-electron chi connectivity index (χ0n) is 79.5. The number of hydrogen-bond donors (Lipinski definition) is 13. The third-order valence-corrected chi connectivity index (χ3v) is 26.0. The molecule has 0 saturated heterocycles. The van der Waals surface area contributed by atoms with Gasteiger partial charge in [-0.15, -0.1) is 0 Å². The van der Waals surface area contributed by atoms with E-state index in [1.807, 2.05) is 329 Å². The van der Waals surface area contributed by atoms with Crippen molar-refractivity contribution in [3.05, 3.63) is 468 Å². The van der Waals surface area contributed by atoms with Gasteiger partial charge in [0.2, 0.25) is 0 Å². The number of aliphatic imine (C=N–C) groups is 6. The third kappa shape index (κ3) is 29.3. The largest absolute Gasteiger partial charge is 1.00 e. The van der Waals surface area contributed by atoms with Gasteiger partial charge in [-0.1, -0.05) is 128 Å². The molecule has 0 spiro atoms. The number of aryl methyl sites for hydroxylation is 3. The molecule has 0 saturated carbocycles. The number of halogens is 2. The van der Waals surface area contributed by atoms with Crippen LogP contribution in [-0.4, -0.2) is 88.5 Å². The molecule has 0 heterocycles. The second-order valence-electron chi connectivity index (χ2n) is 34.2. The lowest BCUT2D eigenvalue weighted by Gasteiger charge is -2.14. The summed E-state index contributed by atoms with van der Waals surface area (Å²) in [5.74, 6) is -0.317. The molecule has 18 rings (SSSR count). The van der Waals surface area contributed by atoms with Crippen molar-refractivity contribution in [2.45, 2.75) is 67.6 Å². The molecule has 3 aliphatic rings. The molecule has 15 aromatic rings. The van der Waals surface area contributed by atoms with Crippen molar-refractivity contribution in [3.8, 4) is 17.2 Å². The van der Waals surface area contributed by atoms with Gasteiger partial charge in [0.25, 0.3) is 30.4 Å². The molecule has 0 amide bonds. The summed E-state index contributed by atoms with van der Waals surface area (Å²) in [5.41, 5.74) is 26.5. The number of phenols is 3. The molecular formula is C116H102Cl2N13O12S3-. The summed E-state index contributed by atoms with van der Waals surface area (Å²) < 4.78 is 104. The van der Waals surface area contributed by atoms with E-state index in [1.165, 1.54) is 42.0 Å². The molecular weight excluding hydrogens is 1930 g/mol. The van der Waals surface area contributed by atoms with Crippen LogP contribution in [0.1, 0.15) is 68.1 Å². The second-order valence-corrected chi connectivity index (χ2v) is 38.4. The van der Waals surface area contributed by atoms with Crippen LogP contribution in [0.5, 0.6) is 17.2 Å². The number of allylic oxidation sites excluding steroid dienone is 12. The first kappa shape index (κ1) is 105. The SMILES string of the molecule is CCc1ccc(Nc2ccc(N=C3C=CC(=Nc4ccc(Cc5cc(S(=O)(=O)O)c(Nc6ccc(Cc7ccc(N=C8C=CC(=Nc9ccc(Nc%10ccccc%10)cc9)C=C8)cc7)cc6)cc5O)cc4)C=C3)cc2)cc1.Cc1ccc(Nc2cc(O)c(Cc3ccc(Nc4ccc(N=C5C=CC(=Nc6ccc(Cc7ccc(Nc8cc(O)c(C)cc8S(=O)(=O)O)cc7)cc6)C=C5)cc4)cc3)cc2S(=O)(=O)O)cc1.[Cl-].[Cl-].[NH4+]. The smallest absolute Gasteiger partial charge is 0.296 e. The van der Waals surface area contributed by atoms with Crippen molar-refractivity contribution in [1.29, 1.82) is 0 Å². The Morgan fingerprint density at radius 3 is 0.705 bits per heavy atom. The number of rotatable bonds is 30. The van der Waals surface area contributed by atoms with Gasteiger partial charge >= 0.3 is 0 Å². The molecule has 0 aromatic heterocycles. The molecule has 3 aliphatic carbocycles. The fourth-order valence-corrected chi connectivity index (χ4v) is 17.8. The summed E-state index contributed by atoms with van der Waals surface area (Å²) >= 11 is 0. The summed E-state index contributed by atoms with van der Waals surface area (Å²) in [6, 6.07) is 103. The van der Waals surface area contributed by atoms with Gasteiger partial charge in [-0.25, -0.2) is 30.0 Å². The Labute approximate surface area is 860 Å². The molecule has 0 bridgehead atoms. The van der Waals surface area contributed by atoms with Crippen LogP contribution in [0.3, 0.4) is 0 Å². The number of para-hydroxylation sites is 1. The highest BCUT2D eigenvalue weighted by atomic mass is 35.5. The lowest BCUT2D eigenvalue weighted by molar-refractivity contribution is -0.00100. The molecule has 0 radical (unpaired) electrons. The van der Waals surface area contributed by atoms with Gasteiger partial charge in [0.1, 0.15) is 31.9 Å². The van der Waals surface area contributed by atoms with Gasteiger partial charge in [-0.3, -0.25) is 13.7 Å². The molecule has 30 heteroatoms. The molecule has 0 atom stereocenters. The maximum absolute atomic E-state index is 12.7. The highest BCUT2D eigenvalue weighted by Crippen LogP contribution is 2.39. The van der Waals surface area contributed by atoms with Crippen molar-refractivity contribution in [2.24, 2.45) is 30.0 Å². The lowest BCUT2D eigenvalue weighted by Crippen LogP contribution is -3.00. The van der Waals surface area contributed by atoms with Gasteiger partial charge in [0.15, 0.2) is 0 Å². The Morgan fingerprint density at radius 2 is 0.445 bits per heavy atom. The molecule has 0 fully saturated rings. The van der Waals surface area contributed by atoms with Crippen LogP contribution >= 0.6 is 0 Å². The highest BCUT2D eigenvalue weighted by molar-refractivity contribution is 7.86. The molecule has 16 N–H and O–H groups in total. The van der Waals surface area contributed by atoms with Crippen molar-refractivity contribution < 1.29 is 79.0 Å². The molecule has 25 nitrogen and oxygen atoms in total. The number of hydrogen-bond acceptors (Lipinski definition) is 21. The Hall–Kier alpha value is -16.8. The average molecular weight is 2040 g/mol. The van der Waals surface area contributed by atoms with E-state index in [1.54, 1.807) is 31.2 Å². The Balaban J connectivity index is 0.000000228. The average Bonchev–Trinajstić information content (AvgIpc) is 0.793. The first-order chi connectivity index (χ1) is 69.0. The predicted octanol–water partition coefficient (Wildman–Crippen LogP) is 21.5. The predicted molar refractivity (Wildman–Crippen MR) is 584 cm³/mol. The van der Waals surface area contributed by atoms with E-state index in [-0.39, 0.29) is 92.8 Å². The van der Waals surface area contributed by atoms with Gasteiger partial charge in [-0.05, 0) is 362 Å². The van der Waals surface area contributed by atoms with E-state index in [0.717, 1.165) is 148 Å². The minimum Gasteiger partial charge on any atom is -1.00 e. The van der Waals surface area contributed by atoms with Crippen LogP contribution in [0.2, 0.25) is 0 Å². The topological polar surface area (TPSA) is 407 Å². The number of aromatic hydroxyl groups is 3. The summed E-state index contributed by atoms with van der Waals surface area (Å²) in [4.78, 5) is 27.6. The van der Waals surface area contributed by atoms with Crippen LogP contribution in [-0.2, 0) is 62.5 Å². The Morgan fingerprint density at radius 1 is 0.240 bits per heavy atom. The minimum absolute atomic E-state index is 0. The number of benzene rings is 15. The van der Waals surface area contributed by atoms with E-state index >= 15 is 0 Å². The summed E-state index contributed by atoms with van der Waals surface area (Å²) in [6.45, 7) is 5.63. The van der Waals surface area contributed by atoms with Crippen LogP contribution in [0.15, 0.2) is 451 Å². The molecule has 0 unspecified atom stereocenters. The molecule has 15 aromatic carbocycles. The van der Waals surface area contributed by atoms with E-state index < -0.39 is 30.4 Å². The Bertz CT molecular complexity index is 7960. The summed E-state index contributed by atoms with van der Waals surface area (Å²) in [7, 11) is -13.8. The van der Waals surface area contributed by atoms with Gasteiger partial charge < -0.3 is 78.2 Å². The number of nitrogens with one attached hydrogen (secondary N) is 6. The van der Waals surface area contributed by atoms with Crippen molar-refractivity contribution in [2.75, 3.05) is 31.9 Å².